The van der Waals surface area contributed by atoms with Crippen molar-refractivity contribution in [1.29, 1.82) is 0 Å². The van der Waals surface area contributed by atoms with Crippen LogP contribution in [0.15, 0.2) is 51.6 Å². The third-order valence-electron chi connectivity index (χ3n) is 4.46. The van der Waals surface area contributed by atoms with Gasteiger partial charge in [0.1, 0.15) is 0 Å². The first-order valence-corrected chi connectivity index (χ1v) is 8.82. The third-order valence-corrected chi connectivity index (χ3v) is 4.46. The molecule has 0 spiro atoms. The zero-order chi connectivity index (χ0) is 18.5. The second-order valence-corrected chi connectivity index (χ2v) is 6.36. The van der Waals surface area contributed by atoms with E-state index in [1.807, 2.05) is 38.1 Å². The van der Waals surface area contributed by atoms with E-state index in [0.29, 0.717) is 30.4 Å². The standard InChI is InChI=1S/C20H23N3O3/c1-4-15(3)23(20(24)17-6-5-13-25-17)12-11-18-21-19(22-26-18)16-9-7-14(2)8-10-16/h5-10,13,15H,4,11-12H2,1-3H3. The lowest BCUT2D eigenvalue weighted by molar-refractivity contribution is 0.0654. The molecule has 0 radical (unpaired) electrons. The Kier molecular flexibility index (Phi) is 5.51. The number of amides is 1. The van der Waals surface area contributed by atoms with Gasteiger partial charge >= 0.3 is 0 Å². The molecule has 0 aliphatic heterocycles. The third kappa shape index (κ3) is 4.02. The van der Waals surface area contributed by atoms with Crippen molar-refractivity contribution in [3.05, 3.63) is 59.9 Å². The fourth-order valence-electron chi connectivity index (χ4n) is 2.68. The number of hydrogen-bond acceptors (Lipinski definition) is 5. The Balaban J connectivity index is 1.69. The SMILES string of the molecule is CCC(C)N(CCc1nc(-c2ccc(C)cc2)no1)C(=O)c1ccco1. The van der Waals surface area contributed by atoms with E-state index in [4.69, 9.17) is 8.94 Å². The number of hydrogen-bond donors (Lipinski definition) is 0. The van der Waals surface area contributed by atoms with E-state index in [-0.39, 0.29) is 11.9 Å². The van der Waals surface area contributed by atoms with Crippen molar-refractivity contribution >= 4 is 5.91 Å². The van der Waals surface area contributed by atoms with Gasteiger partial charge in [-0.15, -0.1) is 0 Å². The maximum absolute atomic E-state index is 12.7. The van der Waals surface area contributed by atoms with Crippen molar-refractivity contribution in [2.45, 2.75) is 39.7 Å². The van der Waals surface area contributed by atoms with Gasteiger partial charge in [0.2, 0.25) is 11.7 Å². The van der Waals surface area contributed by atoms with E-state index in [1.165, 1.54) is 11.8 Å². The van der Waals surface area contributed by atoms with E-state index < -0.39 is 0 Å². The van der Waals surface area contributed by atoms with Crippen LogP contribution in [0.25, 0.3) is 11.4 Å². The summed E-state index contributed by atoms with van der Waals surface area (Å²) in [6.07, 6.45) is 2.86. The molecule has 0 aliphatic carbocycles. The quantitative estimate of drug-likeness (QED) is 0.639. The fraction of sp³-hybridized carbons (Fsp3) is 0.350. The summed E-state index contributed by atoms with van der Waals surface area (Å²) < 4.78 is 10.6. The summed E-state index contributed by atoms with van der Waals surface area (Å²) in [5, 5.41) is 4.05. The summed E-state index contributed by atoms with van der Waals surface area (Å²) in [6, 6.07) is 11.4. The summed E-state index contributed by atoms with van der Waals surface area (Å²) in [5.74, 6) is 1.30. The molecule has 26 heavy (non-hydrogen) atoms. The van der Waals surface area contributed by atoms with E-state index >= 15 is 0 Å². The minimum atomic E-state index is -0.123. The molecule has 1 unspecified atom stereocenters. The van der Waals surface area contributed by atoms with Gasteiger partial charge in [-0.25, -0.2) is 0 Å². The molecule has 0 aliphatic rings. The van der Waals surface area contributed by atoms with E-state index in [2.05, 4.69) is 17.1 Å². The van der Waals surface area contributed by atoms with Gasteiger partial charge < -0.3 is 13.8 Å². The maximum atomic E-state index is 12.7. The average molecular weight is 353 g/mol. The summed E-state index contributed by atoms with van der Waals surface area (Å²) in [6.45, 7) is 6.59. The summed E-state index contributed by atoms with van der Waals surface area (Å²) in [5.41, 5.74) is 2.09. The predicted molar refractivity (Wildman–Crippen MR) is 97.7 cm³/mol. The van der Waals surface area contributed by atoms with Crippen LogP contribution in [0.2, 0.25) is 0 Å². The molecular weight excluding hydrogens is 330 g/mol. The van der Waals surface area contributed by atoms with Crippen molar-refractivity contribution in [2.75, 3.05) is 6.54 Å². The first-order valence-electron chi connectivity index (χ1n) is 8.82. The van der Waals surface area contributed by atoms with Gasteiger partial charge in [-0.1, -0.05) is 41.9 Å². The molecule has 136 valence electrons. The first kappa shape index (κ1) is 17.9. The Bertz CT molecular complexity index is 838. The first-order chi connectivity index (χ1) is 12.6. The molecular formula is C20H23N3O3. The molecule has 2 aromatic heterocycles. The predicted octanol–water partition coefficient (Wildman–Crippen LogP) is 4.12. The maximum Gasteiger partial charge on any atom is 0.289 e. The van der Waals surface area contributed by atoms with Gasteiger partial charge in [-0.05, 0) is 32.4 Å². The molecule has 6 nitrogen and oxygen atoms in total. The highest BCUT2D eigenvalue weighted by Crippen LogP contribution is 2.17. The van der Waals surface area contributed by atoms with Gasteiger partial charge in [-0.2, -0.15) is 4.98 Å². The Hall–Kier alpha value is -2.89. The van der Waals surface area contributed by atoms with Gasteiger partial charge in [-0.3, -0.25) is 4.79 Å². The number of aromatic nitrogens is 2. The number of aryl methyl sites for hydroxylation is 1. The smallest absolute Gasteiger partial charge is 0.289 e. The molecule has 0 N–H and O–H groups in total. The second-order valence-electron chi connectivity index (χ2n) is 6.36. The van der Waals surface area contributed by atoms with Crippen LogP contribution in [-0.4, -0.2) is 33.5 Å². The molecule has 1 amide bonds. The van der Waals surface area contributed by atoms with Gasteiger partial charge in [0, 0.05) is 24.6 Å². The van der Waals surface area contributed by atoms with Gasteiger partial charge in [0.05, 0.1) is 6.26 Å². The lowest BCUT2D eigenvalue weighted by Gasteiger charge is -2.27. The topological polar surface area (TPSA) is 72.4 Å². The van der Waals surface area contributed by atoms with Gasteiger partial charge in [0.15, 0.2) is 5.76 Å². The molecule has 6 heteroatoms. The number of rotatable bonds is 7. The van der Waals surface area contributed by atoms with Crippen LogP contribution in [0.3, 0.4) is 0 Å². The molecule has 3 rings (SSSR count). The Morgan fingerprint density at radius 2 is 2.00 bits per heavy atom. The van der Waals surface area contributed by atoms with Crippen molar-refractivity contribution in [3.8, 4) is 11.4 Å². The number of carbonyl (C=O) groups excluding carboxylic acids is 1. The Morgan fingerprint density at radius 1 is 1.23 bits per heavy atom. The normalized spacial score (nSPS) is 12.1. The van der Waals surface area contributed by atoms with Crippen LogP contribution in [0.5, 0.6) is 0 Å². The molecule has 0 bridgehead atoms. The second kappa shape index (κ2) is 7.99. The highest BCUT2D eigenvalue weighted by Gasteiger charge is 2.23. The number of nitrogens with zero attached hydrogens (tertiary/aromatic N) is 3. The van der Waals surface area contributed by atoms with Crippen LogP contribution < -0.4 is 0 Å². The van der Waals surface area contributed by atoms with Gasteiger partial charge in [0.25, 0.3) is 5.91 Å². The van der Waals surface area contributed by atoms with E-state index in [1.54, 1.807) is 17.0 Å². The van der Waals surface area contributed by atoms with Crippen LogP contribution >= 0.6 is 0 Å². The minimum absolute atomic E-state index is 0.0899. The summed E-state index contributed by atoms with van der Waals surface area (Å²) >= 11 is 0. The van der Waals surface area contributed by atoms with Crippen molar-refractivity contribution in [2.24, 2.45) is 0 Å². The van der Waals surface area contributed by atoms with Crippen molar-refractivity contribution in [3.63, 3.8) is 0 Å². The highest BCUT2D eigenvalue weighted by atomic mass is 16.5. The lowest BCUT2D eigenvalue weighted by atomic mass is 10.1. The molecule has 3 aromatic rings. The zero-order valence-electron chi connectivity index (χ0n) is 15.3. The van der Waals surface area contributed by atoms with Crippen LogP contribution in [-0.2, 0) is 6.42 Å². The monoisotopic (exact) mass is 353 g/mol. The molecule has 1 aromatic carbocycles. The lowest BCUT2D eigenvalue weighted by Crippen LogP contribution is -2.39. The minimum Gasteiger partial charge on any atom is -0.459 e. The Morgan fingerprint density at radius 3 is 2.65 bits per heavy atom. The molecule has 0 saturated heterocycles. The largest absolute Gasteiger partial charge is 0.459 e. The van der Waals surface area contributed by atoms with Crippen LogP contribution in [0.4, 0.5) is 0 Å². The van der Waals surface area contributed by atoms with E-state index in [0.717, 1.165) is 12.0 Å². The molecule has 0 saturated carbocycles. The molecule has 0 fully saturated rings. The summed E-state index contributed by atoms with van der Waals surface area (Å²) in [7, 11) is 0. The number of furan rings is 1. The highest BCUT2D eigenvalue weighted by molar-refractivity contribution is 5.91. The summed E-state index contributed by atoms with van der Waals surface area (Å²) in [4.78, 5) is 18.9. The van der Waals surface area contributed by atoms with Crippen LogP contribution in [0.1, 0.15) is 42.3 Å². The molecule has 1 atom stereocenters. The number of benzene rings is 1. The Labute approximate surface area is 152 Å². The van der Waals surface area contributed by atoms with Crippen molar-refractivity contribution in [1.82, 2.24) is 15.0 Å². The number of carbonyl (C=O) groups is 1. The van der Waals surface area contributed by atoms with Crippen LogP contribution in [0, 0.1) is 6.92 Å². The molecule has 2 heterocycles. The zero-order valence-corrected chi connectivity index (χ0v) is 15.3. The average Bonchev–Trinajstić information content (AvgIpc) is 3.34. The fourth-order valence-corrected chi connectivity index (χ4v) is 2.68. The van der Waals surface area contributed by atoms with Crippen molar-refractivity contribution < 1.29 is 13.7 Å². The van der Waals surface area contributed by atoms with E-state index in [9.17, 15) is 4.79 Å².